The van der Waals surface area contributed by atoms with Gasteiger partial charge in [0.05, 0.1) is 16.4 Å². The van der Waals surface area contributed by atoms with Crippen LogP contribution in [0, 0.1) is 0 Å². The van der Waals surface area contributed by atoms with Crippen LogP contribution in [0.3, 0.4) is 0 Å². The summed E-state index contributed by atoms with van der Waals surface area (Å²) in [5.74, 6) is 0. The van der Waals surface area contributed by atoms with E-state index in [9.17, 15) is 0 Å². The monoisotopic (exact) mass is 263 g/mol. The van der Waals surface area contributed by atoms with Crippen LogP contribution in [-0.4, -0.2) is 26.2 Å². The molecule has 0 saturated heterocycles. The van der Waals surface area contributed by atoms with Crippen LogP contribution >= 0.6 is 11.6 Å². The number of tetrazole rings is 1. The summed E-state index contributed by atoms with van der Waals surface area (Å²) in [4.78, 5) is 0. The zero-order valence-corrected chi connectivity index (χ0v) is 10.6. The molecule has 0 amide bonds. The van der Waals surface area contributed by atoms with Crippen molar-refractivity contribution >= 4 is 17.3 Å². The van der Waals surface area contributed by atoms with Gasteiger partial charge in [-0.3, -0.25) is 0 Å². The number of anilines is 1. The summed E-state index contributed by atoms with van der Waals surface area (Å²) in [7, 11) is 0. The predicted molar refractivity (Wildman–Crippen MR) is 70.0 cm³/mol. The smallest absolute Gasteiger partial charge is 0.143 e. The van der Waals surface area contributed by atoms with Crippen LogP contribution in [0.5, 0.6) is 0 Å². The lowest BCUT2D eigenvalue weighted by atomic mass is 10.2. The Morgan fingerprint density at radius 3 is 2.83 bits per heavy atom. The van der Waals surface area contributed by atoms with Crippen molar-refractivity contribution in [2.45, 2.75) is 31.7 Å². The molecule has 1 heterocycles. The third kappa shape index (κ3) is 2.31. The highest BCUT2D eigenvalue weighted by molar-refractivity contribution is 6.33. The molecule has 1 saturated carbocycles. The second-order valence-electron chi connectivity index (χ2n) is 4.54. The van der Waals surface area contributed by atoms with Crippen molar-refractivity contribution < 1.29 is 0 Å². The van der Waals surface area contributed by atoms with E-state index in [1.54, 1.807) is 11.0 Å². The number of nitrogens with zero attached hydrogens (tertiary/aromatic N) is 4. The standard InChI is InChI=1S/C12H14ClN5/c13-11-6-5-10(18-8-14-16-17-18)7-12(11)15-9-3-1-2-4-9/h5-9,15H,1-4H2. The minimum absolute atomic E-state index is 0.534. The Kier molecular flexibility index (Phi) is 3.15. The Morgan fingerprint density at radius 1 is 1.28 bits per heavy atom. The zero-order valence-electron chi connectivity index (χ0n) is 9.88. The first-order valence-electron chi connectivity index (χ1n) is 6.12. The zero-order chi connectivity index (χ0) is 12.4. The number of aromatic nitrogens is 4. The summed E-state index contributed by atoms with van der Waals surface area (Å²) < 4.78 is 1.62. The highest BCUT2D eigenvalue weighted by Gasteiger charge is 2.16. The molecule has 1 N–H and O–H groups in total. The summed E-state index contributed by atoms with van der Waals surface area (Å²) in [6.07, 6.45) is 6.59. The van der Waals surface area contributed by atoms with Gasteiger partial charge in [-0.05, 0) is 41.5 Å². The van der Waals surface area contributed by atoms with Crippen molar-refractivity contribution in [3.05, 3.63) is 29.5 Å². The van der Waals surface area contributed by atoms with Crippen molar-refractivity contribution in [2.75, 3.05) is 5.32 Å². The molecule has 0 aliphatic heterocycles. The highest BCUT2D eigenvalue weighted by atomic mass is 35.5. The molecular formula is C12H14ClN5. The van der Waals surface area contributed by atoms with Gasteiger partial charge in [-0.15, -0.1) is 5.10 Å². The van der Waals surface area contributed by atoms with Crippen LogP contribution in [0.4, 0.5) is 5.69 Å². The molecule has 1 aliphatic rings. The number of benzene rings is 1. The normalized spacial score (nSPS) is 16.1. The summed E-state index contributed by atoms with van der Waals surface area (Å²) in [5.41, 5.74) is 1.86. The van der Waals surface area contributed by atoms with Gasteiger partial charge >= 0.3 is 0 Å². The lowest BCUT2D eigenvalue weighted by Crippen LogP contribution is -2.15. The first kappa shape index (κ1) is 11.5. The van der Waals surface area contributed by atoms with E-state index >= 15 is 0 Å². The van der Waals surface area contributed by atoms with E-state index in [1.165, 1.54) is 25.7 Å². The van der Waals surface area contributed by atoms with Gasteiger partial charge in [-0.25, -0.2) is 4.68 Å². The van der Waals surface area contributed by atoms with E-state index in [0.717, 1.165) is 16.4 Å². The van der Waals surface area contributed by atoms with E-state index in [0.29, 0.717) is 6.04 Å². The van der Waals surface area contributed by atoms with E-state index in [1.807, 2.05) is 18.2 Å². The SMILES string of the molecule is Clc1ccc(-n2cnnn2)cc1NC1CCCC1. The topological polar surface area (TPSA) is 55.6 Å². The van der Waals surface area contributed by atoms with Crippen LogP contribution in [0.25, 0.3) is 5.69 Å². The molecule has 1 fully saturated rings. The molecule has 0 spiro atoms. The third-order valence-electron chi connectivity index (χ3n) is 3.28. The Hall–Kier alpha value is -1.62. The summed E-state index contributed by atoms with van der Waals surface area (Å²) in [5, 5.41) is 15.4. The Bertz CT molecular complexity index is 519. The van der Waals surface area contributed by atoms with Gasteiger partial charge < -0.3 is 5.32 Å². The molecular weight excluding hydrogens is 250 g/mol. The number of halogens is 1. The van der Waals surface area contributed by atoms with Gasteiger partial charge in [0.1, 0.15) is 6.33 Å². The first-order valence-corrected chi connectivity index (χ1v) is 6.50. The van der Waals surface area contributed by atoms with Gasteiger partial charge in [0.2, 0.25) is 0 Å². The Labute approximate surface area is 110 Å². The van der Waals surface area contributed by atoms with Crippen molar-refractivity contribution in [1.29, 1.82) is 0 Å². The second-order valence-corrected chi connectivity index (χ2v) is 4.95. The van der Waals surface area contributed by atoms with Gasteiger partial charge in [-0.1, -0.05) is 24.4 Å². The molecule has 6 heteroatoms. The van der Waals surface area contributed by atoms with Crippen molar-refractivity contribution in [3.8, 4) is 5.69 Å². The fourth-order valence-electron chi connectivity index (χ4n) is 2.34. The fraction of sp³-hybridized carbons (Fsp3) is 0.417. The molecule has 18 heavy (non-hydrogen) atoms. The van der Waals surface area contributed by atoms with Gasteiger partial charge in [0.15, 0.2) is 0 Å². The lowest BCUT2D eigenvalue weighted by molar-refractivity contribution is 0.754. The van der Waals surface area contributed by atoms with Crippen LogP contribution in [0.2, 0.25) is 5.02 Å². The first-order chi connectivity index (χ1) is 8.83. The van der Waals surface area contributed by atoms with E-state index in [-0.39, 0.29) is 0 Å². The number of hydrogen-bond acceptors (Lipinski definition) is 4. The van der Waals surface area contributed by atoms with E-state index < -0.39 is 0 Å². The number of nitrogens with one attached hydrogen (secondary N) is 1. The summed E-state index contributed by atoms with van der Waals surface area (Å²) >= 11 is 6.21. The summed E-state index contributed by atoms with van der Waals surface area (Å²) in [6.45, 7) is 0. The molecule has 0 atom stereocenters. The molecule has 3 rings (SSSR count). The maximum atomic E-state index is 6.21. The average Bonchev–Trinajstić information content (AvgIpc) is 3.04. The molecule has 1 aliphatic carbocycles. The molecule has 5 nitrogen and oxygen atoms in total. The number of hydrogen-bond donors (Lipinski definition) is 1. The molecule has 2 aromatic rings. The maximum Gasteiger partial charge on any atom is 0.143 e. The molecule has 0 unspecified atom stereocenters. The van der Waals surface area contributed by atoms with Crippen molar-refractivity contribution in [2.24, 2.45) is 0 Å². The van der Waals surface area contributed by atoms with Crippen LogP contribution < -0.4 is 5.32 Å². The second kappa shape index (κ2) is 4.94. The minimum Gasteiger partial charge on any atom is -0.381 e. The Balaban J connectivity index is 1.86. The fourth-order valence-corrected chi connectivity index (χ4v) is 2.51. The molecule has 1 aromatic heterocycles. The molecule has 0 bridgehead atoms. The van der Waals surface area contributed by atoms with Gasteiger partial charge in [0.25, 0.3) is 0 Å². The number of rotatable bonds is 3. The average molecular weight is 264 g/mol. The predicted octanol–water partition coefficient (Wildman–Crippen LogP) is 2.67. The van der Waals surface area contributed by atoms with Crippen LogP contribution in [0.1, 0.15) is 25.7 Å². The van der Waals surface area contributed by atoms with E-state index in [4.69, 9.17) is 11.6 Å². The third-order valence-corrected chi connectivity index (χ3v) is 3.61. The van der Waals surface area contributed by atoms with Crippen molar-refractivity contribution in [1.82, 2.24) is 20.2 Å². The van der Waals surface area contributed by atoms with Crippen LogP contribution in [0.15, 0.2) is 24.5 Å². The highest BCUT2D eigenvalue weighted by Crippen LogP contribution is 2.28. The van der Waals surface area contributed by atoms with Gasteiger partial charge in [0, 0.05) is 6.04 Å². The van der Waals surface area contributed by atoms with Gasteiger partial charge in [-0.2, -0.15) is 0 Å². The summed E-state index contributed by atoms with van der Waals surface area (Å²) in [6, 6.07) is 6.29. The minimum atomic E-state index is 0.534. The molecule has 1 aromatic carbocycles. The lowest BCUT2D eigenvalue weighted by Gasteiger charge is -2.15. The quantitative estimate of drug-likeness (QED) is 0.925. The van der Waals surface area contributed by atoms with Crippen LogP contribution in [-0.2, 0) is 0 Å². The molecule has 94 valence electrons. The maximum absolute atomic E-state index is 6.21. The molecule has 0 radical (unpaired) electrons. The Morgan fingerprint density at radius 2 is 2.11 bits per heavy atom. The largest absolute Gasteiger partial charge is 0.381 e. The van der Waals surface area contributed by atoms with E-state index in [2.05, 4.69) is 20.8 Å². The van der Waals surface area contributed by atoms with Crippen molar-refractivity contribution in [3.63, 3.8) is 0 Å².